The molecule has 0 aliphatic heterocycles. The van der Waals surface area contributed by atoms with Crippen LogP contribution in [0.3, 0.4) is 0 Å². The summed E-state index contributed by atoms with van der Waals surface area (Å²) in [6, 6.07) is 11.4. The highest BCUT2D eigenvalue weighted by molar-refractivity contribution is 6.01. The van der Waals surface area contributed by atoms with Crippen LogP contribution < -0.4 is 14.8 Å². The molecule has 2 rings (SSSR count). The number of carbonyl (C=O) groups excluding carboxylic acids is 2. The van der Waals surface area contributed by atoms with Crippen molar-refractivity contribution in [1.29, 1.82) is 5.26 Å². The van der Waals surface area contributed by atoms with Crippen molar-refractivity contribution in [3.8, 4) is 17.6 Å². The van der Waals surface area contributed by atoms with Crippen LogP contribution in [0.25, 0.3) is 6.08 Å². The van der Waals surface area contributed by atoms with Crippen molar-refractivity contribution >= 4 is 23.6 Å². The highest BCUT2D eigenvalue weighted by atomic mass is 16.6. The molecule has 0 fully saturated rings. The first-order valence-corrected chi connectivity index (χ1v) is 8.55. The second-order valence-corrected chi connectivity index (χ2v) is 5.78. The molecular formula is C21H17N3O6. The van der Waals surface area contributed by atoms with E-state index in [0.717, 1.165) is 6.07 Å². The average Bonchev–Trinajstić information content (AvgIpc) is 2.76. The third-order valence-corrected chi connectivity index (χ3v) is 3.77. The van der Waals surface area contributed by atoms with E-state index in [-0.39, 0.29) is 34.9 Å². The van der Waals surface area contributed by atoms with E-state index >= 15 is 0 Å². The van der Waals surface area contributed by atoms with Crippen LogP contribution >= 0.6 is 0 Å². The Balaban J connectivity index is 2.26. The largest absolute Gasteiger partial charge is 0.493 e. The van der Waals surface area contributed by atoms with Gasteiger partial charge in [-0.25, -0.2) is 4.79 Å². The number of rotatable bonds is 8. The molecule has 2 aromatic carbocycles. The lowest BCUT2D eigenvalue weighted by Crippen LogP contribution is -2.24. The first kappa shape index (κ1) is 21.8. The number of nitro benzene ring substituents is 1. The number of nitro groups is 1. The van der Waals surface area contributed by atoms with Crippen molar-refractivity contribution < 1.29 is 24.0 Å². The topological polar surface area (TPSA) is 132 Å². The van der Waals surface area contributed by atoms with E-state index in [1.54, 1.807) is 0 Å². The highest BCUT2D eigenvalue weighted by Gasteiger charge is 2.16. The van der Waals surface area contributed by atoms with Crippen molar-refractivity contribution in [2.75, 3.05) is 13.7 Å². The van der Waals surface area contributed by atoms with Crippen LogP contribution in [0.4, 0.5) is 5.69 Å². The van der Waals surface area contributed by atoms with Gasteiger partial charge in [-0.1, -0.05) is 18.2 Å². The van der Waals surface area contributed by atoms with Crippen molar-refractivity contribution in [1.82, 2.24) is 5.32 Å². The fraction of sp³-hybridized carbons (Fsp3) is 0.0952. The zero-order valence-corrected chi connectivity index (χ0v) is 16.0. The number of nitriles is 1. The molecule has 30 heavy (non-hydrogen) atoms. The molecule has 1 N–H and O–H groups in total. The fourth-order valence-corrected chi connectivity index (χ4v) is 2.34. The molecule has 152 valence electrons. The van der Waals surface area contributed by atoms with Crippen LogP contribution in [0, 0.1) is 21.4 Å². The number of methoxy groups -OCH3 is 1. The van der Waals surface area contributed by atoms with Gasteiger partial charge in [-0.2, -0.15) is 5.26 Å². The van der Waals surface area contributed by atoms with E-state index < -0.39 is 16.8 Å². The van der Waals surface area contributed by atoms with Gasteiger partial charge in [-0.05, 0) is 29.8 Å². The van der Waals surface area contributed by atoms with Gasteiger partial charge in [0.15, 0.2) is 11.5 Å². The van der Waals surface area contributed by atoms with E-state index in [1.165, 1.54) is 55.7 Å². The number of nitrogens with one attached hydrogen (secondary N) is 1. The minimum atomic E-state index is -0.804. The van der Waals surface area contributed by atoms with E-state index in [0.29, 0.717) is 5.56 Å². The second-order valence-electron chi connectivity index (χ2n) is 5.78. The Morgan fingerprint density at radius 3 is 2.67 bits per heavy atom. The summed E-state index contributed by atoms with van der Waals surface area (Å²) in [7, 11) is 1.36. The molecule has 1 amide bonds. The molecule has 0 saturated carbocycles. The van der Waals surface area contributed by atoms with Gasteiger partial charge in [0.25, 0.3) is 11.6 Å². The zero-order valence-electron chi connectivity index (χ0n) is 16.0. The third kappa shape index (κ3) is 5.53. The molecule has 0 heterocycles. The van der Waals surface area contributed by atoms with Gasteiger partial charge in [-0.3, -0.25) is 14.9 Å². The smallest absolute Gasteiger partial charge is 0.343 e. The maximum Gasteiger partial charge on any atom is 0.343 e. The van der Waals surface area contributed by atoms with Crippen LogP contribution in [0.15, 0.2) is 60.7 Å². The third-order valence-electron chi connectivity index (χ3n) is 3.77. The molecule has 0 aliphatic carbocycles. The van der Waals surface area contributed by atoms with Crippen molar-refractivity contribution in [2.45, 2.75) is 0 Å². The summed E-state index contributed by atoms with van der Waals surface area (Å²) in [6.07, 6.45) is 2.84. The lowest BCUT2D eigenvalue weighted by atomic mass is 10.1. The number of nitrogens with zero attached hydrogens (tertiary/aromatic N) is 2. The van der Waals surface area contributed by atoms with Crippen LogP contribution in [0.2, 0.25) is 0 Å². The van der Waals surface area contributed by atoms with E-state index in [9.17, 15) is 25.0 Å². The van der Waals surface area contributed by atoms with E-state index in [2.05, 4.69) is 11.9 Å². The number of amides is 1. The first-order valence-electron chi connectivity index (χ1n) is 8.55. The molecular weight excluding hydrogens is 390 g/mol. The number of benzene rings is 2. The van der Waals surface area contributed by atoms with Crippen LogP contribution in [0.1, 0.15) is 15.9 Å². The molecule has 9 heteroatoms. The predicted octanol–water partition coefficient (Wildman–Crippen LogP) is 3.03. The molecule has 2 aromatic rings. The summed E-state index contributed by atoms with van der Waals surface area (Å²) in [4.78, 5) is 34.5. The van der Waals surface area contributed by atoms with E-state index in [1.807, 2.05) is 6.07 Å². The Hall–Kier alpha value is -4.45. The Morgan fingerprint density at radius 1 is 1.27 bits per heavy atom. The van der Waals surface area contributed by atoms with Crippen LogP contribution in [-0.2, 0) is 4.79 Å². The minimum Gasteiger partial charge on any atom is -0.493 e. The molecule has 0 saturated heterocycles. The molecule has 0 spiro atoms. The summed E-state index contributed by atoms with van der Waals surface area (Å²) in [5.41, 5.74) is 0.101. The number of ether oxygens (including phenoxy) is 2. The Kier molecular flexibility index (Phi) is 7.42. The second kappa shape index (κ2) is 10.2. The molecule has 0 aliphatic rings. The molecule has 0 radical (unpaired) electrons. The standard InChI is InChI=1S/C21H17N3O6/c1-3-9-23-20(25)16(13-22)10-14-7-8-18(19(11-14)29-2)30-21(26)15-5-4-6-17(12-15)24(27)28/h3-8,10-12H,1,9H2,2H3,(H,23,25)/b16-10+. The summed E-state index contributed by atoms with van der Waals surface area (Å²) in [5.74, 6) is -1.12. The Bertz CT molecular complexity index is 1070. The van der Waals surface area contributed by atoms with Gasteiger partial charge in [0.2, 0.25) is 0 Å². The van der Waals surface area contributed by atoms with Crippen LogP contribution in [0.5, 0.6) is 11.5 Å². The number of esters is 1. The van der Waals surface area contributed by atoms with Gasteiger partial charge in [0.05, 0.1) is 17.6 Å². The maximum atomic E-state index is 12.3. The highest BCUT2D eigenvalue weighted by Crippen LogP contribution is 2.30. The SMILES string of the molecule is C=CCNC(=O)/C(C#N)=C/c1ccc(OC(=O)c2cccc([N+](=O)[O-])c2)c(OC)c1. The molecule has 0 bridgehead atoms. The fourth-order valence-electron chi connectivity index (χ4n) is 2.34. The number of non-ortho nitro benzene ring substituents is 1. The van der Waals surface area contributed by atoms with Crippen molar-refractivity contribution in [3.05, 3.63) is 81.9 Å². The normalized spacial score (nSPS) is 10.5. The van der Waals surface area contributed by atoms with E-state index in [4.69, 9.17) is 9.47 Å². The summed E-state index contributed by atoms with van der Waals surface area (Å²) >= 11 is 0. The van der Waals surface area contributed by atoms with Gasteiger partial charge >= 0.3 is 5.97 Å². The lowest BCUT2D eigenvalue weighted by Gasteiger charge is -2.10. The number of carbonyl (C=O) groups is 2. The van der Waals surface area contributed by atoms with Gasteiger partial charge < -0.3 is 14.8 Å². The lowest BCUT2D eigenvalue weighted by molar-refractivity contribution is -0.384. The first-order chi connectivity index (χ1) is 14.4. The zero-order chi connectivity index (χ0) is 22.1. The van der Waals surface area contributed by atoms with Gasteiger partial charge in [-0.15, -0.1) is 6.58 Å². The molecule has 0 atom stereocenters. The average molecular weight is 407 g/mol. The van der Waals surface area contributed by atoms with Crippen molar-refractivity contribution in [2.24, 2.45) is 0 Å². The predicted molar refractivity (Wildman–Crippen MR) is 108 cm³/mol. The molecule has 0 unspecified atom stereocenters. The monoisotopic (exact) mass is 407 g/mol. The minimum absolute atomic E-state index is 0.000817. The summed E-state index contributed by atoms with van der Waals surface area (Å²) < 4.78 is 10.5. The number of hydrogen-bond donors (Lipinski definition) is 1. The van der Waals surface area contributed by atoms with Gasteiger partial charge in [0.1, 0.15) is 11.6 Å². The van der Waals surface area contributed by atoms with Gasteiger partial charge in [0, 0.05) is 18.7 Å². The Morgan fingerprint density at radius 2 is 2.03 bits per heavy atom. The number of hydrogen-bond acceptors (Lipinski definition) is 7. The summed E-state index contributed by atoms with van der Waals surface area (Å²) in [6.45, 7) is 3.70. The van der Waals surface area contributed by atoms with Crippen molar-refractivity contribution in [3.63, 3.8) is 0 Å². The molecule has 9 nitrogen and oxygen atoms in total. The summed E-state index contributed by atoms with van der Waals surface area (Å²) in [5, 5.41) is 22.6. The quantitative estimate of drug-likeness (QED) is 0.135. The molecule has 0 aromatic heterocycles. The maximum absolute atomic E-state index is 12.3. The Labute approximate surface area is 172 Å². The van der Waals surface area contributed by atoms with Crippen LogP contribution in [-0.4, -0.2) is 30.5 Å².